The molecular weight excluding hydrogens is 154 g/mol. The number of guanidine groups is 1. The SMILES string of the molecule is CN=C(N)N(CCOC)C(C)C. The van der Waals surface area contributed by atoms with Crippen LogP contribution >= 0.6 is 0 Å². The molecule has 0 aliphatic carbocycles. The van der Waals surface area contributed by atoms with Crippen LogP contribution in [-0.4, -0.2) is 44.2 Å². The van der Waals surface area contributed by atoms with Crippen molar-refractivity contribution in [3.63, 3.8) is 0 Å². The van der Waals surface area contributed by atoms with E-state index in [4.69, 9.17) is 10.5 Å². The Morgan fingerprint density at radius 1 is 1.58 bits per heavy atom. The van der Waals surface area contributed by atoms with Gasteiger partial charge in [0.15, 0.2) is 5.96 Å². The molecule has 0 unspecified atom stereocenters. The van der Waals surface area contributed by atoms with Crippen molar-refractivity contribution in [3.05, 3.63) is 0 Å². The van der Waals surface area contributed by atoms with Crippen molar-refractivity contribution < 1.29 is 4.74 Å². The van der Waals surface area contributed by atoms with E-state index >= 15 is 0 Å². The molecule has 0 saturated heterocycles. The lowest BCUT2D eigenvalue weighted by Crippen LogP contribution is -2.43. The summed E-state index contributed by atoms with van der Waals surface area (Å²) in [6.45, 7) is 5.62. The summed E-state index contributed by atoms with van der Waals surface area (Å²) < 4.78 is 4.96. The van der Waals surface area contributed by atoms with Crippen molar-refractivity contribution in [1.82, 2.24) is 4.90 Å². The van der Waals surface area contributed by atoms with Gasteiger partial charge in [-0.2, -0.15) is 0 Å². The molecular formula is C8H19N3O. The Kier molecular flexibility index (Phi) is 5.45. The van der Waals surface area contributed by atoms with Gasteiger partial charge in [-0.25, -0.2) is 0 Å². The first kappa shape index (κ1) is 11.2. The van der Waals surface area contributed by atoms with Gasteiger partial charge in [-0.15, -0.1) is 0 Å². The first-order valence-electron chi connectivity index (χ1n) is 4.11. The number of ether oxygens (including phenoxy) is 1. The van der Waals surface area contributed by atoms with E-state index in [1.165, 1.54) is 0 Å². The molecule has 0 aromatic carbocycles. The minimum absolute atomic E-state index is 0.365. The molecule has 0 rings (SSSR count). The lowest BCUT2D eigenvalue weighted by atomic mass is 10.3. The van der Waals surface area contributed by atoms with E-state index in [2.05, 4.69) is 18.8 Å². The Hall–Kier alpha value is -0.770. The van der Waals surface area contributed by atoms with E-state index in [1.807, 2.05) is 4.90 Å². The summed E-state index contributed by atoms with van der Waals surface area (Å²) in [5.74, 6) is 0.571. The summed E-state index contributed by atoms with van der Waals surface area (Å²) in [4.78, 5) is 5.93. The van der Waals surface area contributed by atoms with Crippen LogP contribution in [0.25, 0.3) is 0 Å². The summed E-state index contributed by atoms with van der Waals surface area (Å²) in [5, 5.41) is 0. The summed E-state index contributed by atoms with van der Waals surface area (Å²) >= 11 is 0. The summed E-state index contributed by atoms with van der Waals surface area (Å²) in [6, 6.07) is 0.365. The van der Waals surface area contributed by atoms with Gasteiger partial charge < -0.3 is 15.4 Å². The second-order valence-electron chi connectivity index (χ2n) is 2.86. The first-order valence-corrected chi connectivity index (χ1v) is 4.11. The standard InChI is InChI=1S/C8H19N3O/c1-7(2)11(5-6-12-4)8(9)10-3/h7H,5-6H2,1-4H3,(H2,9,10). The Bertz CT molecular complexity index is 145. The number of rotatable bonds is 4. The number of aliphatic imine (C=N–C) groups is 1. The number of hydrogen-bond donors (Lipinski definition) is 1. The van der Waals surface area contributed by atoms with Crippen molar-refractivity contribution in [2.45, 2.75) is 19.9 Å². The van der Waals surface area contributed by atoms with Gasteiger partial charge in [-0.05, 0) is 13.8 Å². The molecule has 0 atom stereocenters. The third kappa shape index (κ3) is 3.57. The highest BCUT2D eigenvalue weighted by atomic mass is 16.5. The number of nitrogens with two attached hydrogens (primary N) is 1. The summed E-state index contributed by atoms with van der Waals surface area (Å²) in [6.07, 6.45) is 0. The predicted octanol–water partition coefficient (Wildman–Crippen LogP) is 0.288. The maximum absolute atomic E-state index is 5.68. The summed E-state index contributed by atoms with van der Waals surface area (Å²) in [7, 11) is 3.37. The molecule has 0 spiro atoms. The van der Waals surface area contributed by atoms with Crippen LogP contribution in [-0.2, 0) is 4.74 Å². The maximum atomic E-state index is 5.68. The van der Waals surface area contributed by atoms with Crippen LogP contribution in [0.5, 0.6) is 0 Å². The van der Waals surface area contributed by atoms with Crippen molar-refractivity contribution in [3.8, 4) is 0 Å². The minimum atomic E-state index is 0.365. The Balaban J connectivity index is 4.04. The van der Waals surface area contributed by atoms with Crippen LogP contribution in [0.1, 0.15) is 13.8 Å². The molecule has 4 nitrogen and oxygen atoms in total. The van der Waals surface area contributed by atoms with Crippen molar-refractivity contribution in [2.75, 3.05) is 27.3 Å². The van der Waals surface area contributed by atoms with Gasteiger partial charge in [-0.3, -0.25) is 4.99 Å². The van der Waals surface area contributed by atoms with Crippen molar-refractivity contribution >= 4 is 5.96 Å². The first-order chi connectivity index (χ1) is 5.63. The van der Waals surface area contributed by atoms with Crippen molar-refractivity contribution in [2.24, 2.45) is 10.7 Å². The summed E-state index contributed by atoms with van der Waals surface area (Å²) in [5.41, 5.74) is 5.68. The fourth-order valence-corrected chi connectivity index (χ4v) is 0.955. The number of hydrogen-bond acceptors (Lipinski definition) is 2. The second-order valence-corrected chi connectivity index (χ2v) is 2.86. The van der Waals surface area contributed by atoms with E-state index in [-0.39, 0.29) is 0 Å². The van der Waals surface area contributed by atoms with Gasteiger partial charge in [0.25, 0.3) is 0 Å². The molecule has 12 heavy (non-hydrogen) atoms. The molecule has 0 fully saturated rings. The topological polar surface area (TPSA) is 50.8 Å². The highest BCUT2D eigenvalue weighted by Crippen LogP contribution is 1.96. The molecule has 72 valence electrons. The molecule has 0 saturated carbocycles. The second kappa shape index (κ2) is 5.83. The van der Waals surface area contributed by atoms with Crippen LogP contribution in [0.4, 0.5) is 0 Å². The Morgan fingerprint density at radius 3 is 2.50 bits per heavy atom. The highest BCUT2D eigenvalue weighted by molar-refractivity contribution is 5.78. The van der Waals surface area contributed by atoms with Crippen LogP contribution in [0, 0.1) is 0 Å². The highest BCUT2D eigenvalue weighted by Gasteiger charge is 2.09. The molecule has 0 aliphatic heterocycles. The monoisotopic (exact) mass is 173 g/mol. The third-order valence-corrected chi connectivity index (χ3v) is 1.68. The van der Waals surface area contributed by atoms with Gasteiger partial charge >= 0.3 is 0 Å². The molecule has 0 aliphatic rings. The maximum Gasteiger partial charge on any atom is 0.191 e. The minimum Gasteiger partial charge on any atom is -0.383 e. The van der Waals surface area contributed by atoms with E-state index < -0.39 is 0 Å². The zero-order valence-corrected chi connectivity index (χ0v) is 8.37. The zero-order valence-electron chi connectivity index (χ0n) is 8.37. The zero-order chi connectivity index (χ0) is 9.56. The smallest absolute Gasteiger partial charge is 0.191 e. The molecule has 0 bridgehead atoms. The van der Waals surface area contributed by atoms with Gasteiger partial charge in [0.1, 0.15) is 0 Å². The molecule has 0 aromatic heterocycles. The Labute approximate surface area is 74.4 Å². The van der Waals surface area contributed by atoms with E-state index in [9.17, 15) is 0 Å². The normalized spacial score (nSPS) is 12.2. The van der Waals surface area contributed by atoms with Gasteiger partial charge in [0.05, 0.1) is 6.61 Å². The van der Waals surface area contributed by atoms with Crippen LogP contribution in [0.3, 0.4) is 0 Å². The molecule has 0 heterocycles. The quantitative estimate of drug-likeness (QED) is 0.491. The van der Waals surface area contributed by atoms with Gasteiger partial charge in [-0.1, -0.05) is 0 Å². The molecule has 0 radical (unpaired) electrons. The van der Waals surface area contributed by atoms with E-state index in [0.29, 0.717) is 18.6 Å². The predicted molar refractivity (Wildman–Crippen MR) is 51.3 cm³/mol. The molecule has 0 amide bonds. The lowest BCUT2D eigenvalue weighted by Gasteiger charge is -2.26. The van der Waals surface area contributed by atoms with Crippen LogP contribution < -0.4 is 5.73 Å². The van der Waals surface area contributed by atoms with Gasteiger partial charge in [0.2, 0.25) is 0 Å². The average molecular weight is 173 g/mol. The van der Waals surface area contributed by atoms with Crippen LogP contribution in [0.2, 0.25) is 0 Å². The fourth-order valence-electron chi connectivity index (χ4n) is 0.955. The lowest BCUT2D eigenvalue weighted by molar-refractivity contribution is 0.166. The van der Waals surface area contributed by atoms with E-state index in [0.717, 1.165) is 6.54 Å². The number of methoxy groups -OCH3 is 1. The molecule has 0 aromatic rings. The van der Waals surface area contributed by atoms with Gasteiger partial charge in [0, 0.05) is 26.7 Å². The van der Waals surface area contributed by atoms with Crippen LogP contribution in [0.15, 0.2) is 4.99 Å². The third-order valence-electron chi connectivity index (χ3n) is 1.68. The largest absolute Gasteiger partial charge is 0.383 e. The molecule has 2 N–H and O–H groups in total. The van der Waals surface area contributed by atoms with Crippen molar-refractivity contribution in [1.29, 1.82) is 0 Å². The average Bonchev–Trinajstić information content (AvgIpc) is 2.04. The Morgan fingerprint density at radius 2 is 2.17 bits per heavy atom. The fraction of sp³-hybridized carbons (Fsp3) is 0.875. The molecule has 4 heteroatoms. The number of nitrogens with zero attached hydrogens (tertiary/aromatic N) is 2. The van der Waals surface area contributed by atoms with E-state index in [1.54, 1.807) is 14.2 Å².